The summed E-state index contributed by atoms with van der Waals surface area (Å²) in [6, 6.07) is 6.96. The predicted molar refractivity (Wildman–Crippen MR) is 242 cm³/mol. The largest absolute Gasteiger partial charge is 0.351 e. The first-order valence-electron chi connectivity index (χ1n) is 22.4. The average molecular weight is 983 g/mol. The second kappa shape index (κ2) is 18.1. The van der Waals surface area contributed by atoms with Crippen molar-refractivity contribution in [1.29, 1.82) is 0 Å². The smallest absolute Gasteiger partial charge is 0.282 e. The summed E-state index contributed by atoms with van der Waals surface area (Å²) in [4.78, 5) is 35.5. The van der Waals surface area contributed by atoms with Crippen molar-refractivity contribution in [3.05, 3.63) is 72.3 Å². The quantitative estimate of drug-likeness (QED) is 0.133. The number of imidazole rings is 2. The lowest BCUT2D eigenvalue weighted by Gasteiger charge is -2.47. The summed E-state index contributed by atoms with van der Waals surface area (Å²) in [5, 5.41) is 8.26. The van der Waals surface area contributed by atoms with Gasteiger partial charge in [-0.2, -0.15) is 10.2 Å². The van der Waals surface area contributed by atoms with Crippen LogP contribution >= 0.6 is 0 Å². The zero-order chi connectivity index (χ0) is 47.6. The summed E-state index contributed by atoms with van der Waals surface area (Å²) in [6.07, 6.45) is 5.02. The third-order valence-electron chi connectivity index (χ3n) is 13.4. The monoisotopic (exact) mass is 982 g/mol. The van der Waals surface area contributed by atoms with E-state index in [4.69, 9.17) is 0 Å². The fourth-order valence-electron chi connectivity index (χ4n) is 9.71. The van der Waals surface area contributed by atoms with Gasteiger partial charge in [0.2, 0.25) is 20.0 Å². The van der Waals surface area contributed by atoms with Crippen LogP contribution in [0.15, 0.2) is 55.4 Å². The highest BCUT2D eigenvalue weighted by Gasteiger charge is 2.43. The first kappa shape index (κ1) is 46.2. The van der Waals surface area contributed by atoms with Crippen molar-refractivity contribution in [1.82, 2.24) is 68.4 Å². The van der Waals surface area contributed by atoms with Crippen molar-refractivity contribution in [2.75, 3.05) is 55.3 Å². The molecule has 0 aromatic carbocycles. The number of halogens is 4. The third-order valence-corrected chi connectivity index (χ3v) is 15.4. The average Bonchev–Trinajstić information content (AvgIpc) is 4.25. The summed E-state index contributed by atoms with van der Waals surface area (Å²) in [5.41, 5.74) is 0.784. The van der Waals surface area contributed by atoms with Gasteiger partial charge in [-0.1, -0.05) is 0 Å². The van der Waals surface area contributed by atoms with Gasteiger partial charge in [0.05, 0.1) is 35.8 Å². The van der Waals surface area contributed by atoms with Gasteiger partial charge in [0, 0.05) is 93.2 Å². The second-order valence-corrected chi connectivity index (χ2v) is 21.6. The number of alkyl halides is 4. The molecule has 6 aromatic rings. The van der Waals surface area contributed by atoms with Crippen molar-refractivity contribution in [3.8, 4) is 22.8 Å². The van der Waals surface area contributed by atoms with Crippen LogP contribution in [-0.2, 0) is 25.8 Å². The summed E-state index contributed by atoms with van der Waals surface area (Å²) in [5.74, 6) is 0.423. The van der Waals surface area contributed by atoms with E-state index in [9.17, 15) is 34.4 Å². The fourth-order valence-corrected chi connectivity index (χ4v) is 11.3. The molecule has 2 saturated heterocycles. The van der Waals surface area contributed by atoms with Gasteiger partial charge in [-0.15, -0.1) is 0 Å². The van der Waals surface area contributed by atoms with Crippen LogP contribution in [0.3, 0.4) is 0 Å². The summed E-state index contributed by atoms with van der Waals surface area (Å²) in [6.45, 7) is 6.69. The number of hydrogen-bond acceptors (Lipinski definition) is 16. The summed E-state index contributed by atoms with van der Waals surface area (Å²) in [7, 11) is -7.61. The van der Waals surface area contributed by atoms with Gasteiger partial charge in [0.25, 0.3) is 12.9 Å². The van der Waals surface area contributed by atoms with Crippen LogP contribution in [0.25, 0.3) is 34.1 Å². The number of piperazine rings is 2. The summed E-state index contributed by atoms with van der Waals surface area (Å²) < 4.78 is 116. The normalized spacial score (nSPS) is 22.4. The molecule has 0 bridgehead atoms. The highest BCUT2D eigenvalue weighted by atomic mass is 32.2. The van der Waals surface area contributed by atoms with Crippen LogP contribution in [0.1, 0.15) is 69.3 Å². The lowest BCUT2D eigenvalue weighted by Crippen LogP contribution is -2.62. The Labute approximate surface area is 389 Å². The molecule has 2 aliphatic carbocycles. The minimum atomic E-state index is -4.17. The Kier molecular flexibility index (Phi) is 12.3. The number of nitrogens with one attached hydrogen (secondary N) is 2. The Bertz CT molecular complexity index is 3060. The van der Waals surface area contributed by atoms with E-state index in [1.165, 1.54) is 46.2 Å². The number of sulfonamides is 2. The molecule has 6 aromatic heterocycles. The first-order valence-corrected chi connectivity index (χ1v) is 26.0. The molecule has 0 spiro atoms. The molecule has 4 aliphatic rings. The zero-order valence-electron chi connectivity index (χ0n) is 37.3. The predicted octanol–water partition coefficient (Wildman–Crippen LogP) is 3.31. The number of aromatic nitrogens is 10. The minimum Gasteiger partial charge on any atom is -0.351 e. The van der Waals surface area contributed by atoms with E-state index < -0.39 is 50.0 Å². The molecule has 4 atom stereocenters. The molecule has 20 nitrogen and oxygen atoms in total. The third kappa shape index (κ3) is 9.44. The van der Waals surface area contributed by atoms with Crippen molar-refractivity contribution < 1.29 is 34.4 Å². The van der Waals surface area contributed by atoms with Crippen LogP contribution in [0.2, 0.25) is 0 Å². The van der Waals surface area contributed by atoms with Crippen LogP contribution < -0.4 is 19.2 Å². The van der Waals surface area contributed by atoms with E-state index in [0.717, 1.165) is 38.0 Å². The molecule has 0 amide bonds. The Balaban J connectivity index is 0.880. The van der Waals surface area contributed by atoms with E-state index in [2.05, 4.69) is 69.1 Å². The Hall–Kier alpha value is -5.54. The number of nitrogens with zero attached hydrogens (tertiary/aromatic N) is 14. The van der Waals surface area contributed by atoms with E-state index in [0.29, 0.717) is 66.6 Å². The number of hydrogen-bond donors (Lipinski definition) is 2. The van der Waals surface area contributed by atoms with Gasteiger partial charge in [-0.25, -0.2) is 82.8 Å². The standard InChI is InChI=1S/C42H50F4N16O4S2/c1-24-33(19-53-67(3,63)64)59(27-4-5-27)12-10-57(24)39-16-31(50-23-52-39)36-18-48-42-26(14-32(41(45)46)56-62(36)42)21-68(65,66)54-20-34-25(2)58(11-13-60(34)28-6-7-28)38-15-30(49-22-51-38)35-17-47-37-9-8-29(40(43)44)55-61(35)37/h8-9,14-18,22-25,27-28,33-34,40-41,53-54H,4-7,10-13,19-21H2,1-3H3/t24-,25+,33+,34-/m1/s1. The molecule has 4 fully saturated rings. The van der Waals surface area contributed by atoms with Gasteiger partial charge in [0.1, 0.15) is 47.1 Å². The van der Waals surface area contributed by atoms with Gasteiger partial charge in [0.15, 0.2) is 11.3 Å². The zero-order valence-corrected chi connectivity index (χ0v) is 38.9. The molecule has 0 unspecified atom stereocenters. The lowest BCUT2D eigenvalue weighted by atomic mass is 10.0. The maximum atomic E-state index is 14.5. The number of anilines is 2. The highest BCUT2D eigenvalue weighted by Crippen LogP contribution is 2.36. The van der Waals surface area contributed by atoms with E-state index in [1.807, 2.05) is 13.8 Å². The molecule has 362 valence electrons. The van der Waals surface area contributed by atoms with Gasteiger partial charge < -0.3 is 9.80 Å². The molecule has 10 rings (SSSR count). The lowest BCUT2D eigenvalue weighted by molar-refractivity contribution is 0.138. The van der Waals surface area contributed by atoms with Crippen molar-refractivity contribution >= 4 is 43.0 Å². The van der Waals surface area contributed by atoms with Crippen molar-refractivity contribution in [2.45, 2.75) is 94.4 Å². The maximum absolute atomic E-state index is 14.5. The first-order chi connectivity index (χ1) is 32.5. The molecule has 2 N–H and O–H groups in total. The molecule has 68 heavy (non-hydrogen) atoms. The van der Waals surface area contributed by atoms with Crippen LogP contribution in [-0.4, -0.2) is 158 Å². The van der Waals surface area contributed by atoms with E-state index >= 15 is 0 Å². The van der Waals surface area contributed by atoms with E-state index in [-0.39, 0.29) is 60.2 Å². The van der Waals surface area contributed by atoms with Crippen molar-refractivity contribution in [3.63, 3.8) is 0 Å². The molecule has 0 radical (unpaired) electrons. The molecule has 26 heteroatoms. The molecular formula is C42H50F4N16O4S2. The van der Waals surface area contributed by atoms with E-state index in [1.54, 1.807) is 12.1 Å². The SMILES string of the molecule is C[C@@H]1[C@H](CNS(C)(=O)=O)N(C2CC2)CCN1c1cc(-c2cnc3c(CS(=O)(=O)NC[C@@H]4[C@H](C)N(c5cc(-c6cnc7ccc(C(F)F)nn67)ncn5)CCN4C4CC4)cc(C(F)F)nn23)ncn1. The minimum absolute atomic E-state index is 0.00696. The van der Waals surface area contributed by atoms with Crippen molar-refractivity contribution in [2.24, 2.45) is 0 Å². The Morgan fingerprint density at radius 3 is 1.72 bits per heavy atom. The molecule has 2 aliphatic heterocycles. The molecule has 2 saturated carbocycles. The van der Waals surface area contributed by atoms with Crippen LogP contribution in [0, 0.1) is 0 Å². The van der Waals surface area contributed by atoms with Crippen LogP contribution in [0.4, 0.5) is 29.2 Å². The Morgan fingerprint density at radius 2 is 1.18 bits per heavy atom. The maximum Gasteiger partial charge on any atom is 0.282 e. The van der Waals surface area contributed by atoms with Gasteiger partial charge in [-0.05, 0) is 57.7 Å². The summed E-state index contributed by atoms with van der Waals surface area (Å²) >= 11 is 0. The topological polar surface area (TPSA) is 217 Å². The fraction of sp³-hybridized carbons (Fsp3) is 0.524. The highest BCUT2D eigenvalue weighted by molar-refractivity contribution is 7.89. The van der Waals surface area contributed by atoms with Gasteiger partial charge in [-0.3, -0.25) is 9.80 Å². The number of rotatable bonds is 16. The number of fused-ring (bicyclic) bond motifs is 2. The molecule has 8 heterocycles. The Morgan fingerprint density at radius 1 is 0.647 bits per heavy atom. The molecular weight excluding hydrogens is 933 g/mol. The second-order valence-electron chi connectivity index (χ2n) is 17.9. The van der Waals surface area contributed by atoms with Gasteiger partial charge >= 0.3 is 0 Å². The van der Waals surface area contributed by atoms with Crippen LogP contribution in [0.5, 0.6) is 0 Å².